The van der Waals surface area contributed by atoms with Crippen molar-refractivity contribution in [3.63, 3.8) is 0 Å². The average Bonchev–Trinajstić information content (AvgIpc) is 3.25. The van der Waals surface area contributed by atoms with Crippen molar-refractivity contribution < 1.29 is 0 Å². The van der Waals surface area contributed by atoms with Crippen LogP contribution >= 0.6 is 23.5 Å². The maximum absolute atomic E-state index is 2.41. The van der Waals surface area contributed by atoms with E-state index in [0.717, 1.165) is 0 Å². The molecule has 1 aromatic carbocycles. The monoisotopic (exact) mass is 857 g/mol. The highest BCUT2D eigenvalue weighted by Gasteiger charge is 2.09. The normalized spacial score (nSPS) is 11.6. The van der Waals surface area contributed by atoms with Gasteiger partial charge in [0.1, 0.15) is 0 Å². The summed E-state index contributed by atoms with van der Waals surface area (Å²) in [4.78, 5) is 3.16. The fraction of sp³-hybridized carbons (Fsp3) is 0.895. The predicted octanol–water partition coefficient (Wildman–Crippen LogP) is 22.0. The maximum Gasteiger partial charge on any atom is 0.0115 e. The van der Waals surface area contributed by atoms with Gasteiger partial charge in [-0.05, 0) is 48.5 Å². The molecule has 1 rings (SSSR count). The van der Waals surface area contributed by atoms with Crippen LogP contribution in [0.15, 0.2) is 28.0 Å². The smallest absolute Gasteiger partial charge is 0.0115 e. The third kappa shape index (κ3) is 40.4. The van der Waals surface area contributed by atoms with Crippen molar-refractivity contribution >= 4 is 23.5 Å². The minimum Gasteiger partial charge on any atom is -0.126 e. The summed E-state index contributed by atoms with van der Waals surface area (Å²) in [5.74, 6) is 2.59. The highest BCUT2D eigenvalue weighted by molar-refractivity contribution is 8.00. The fourth-order valence-electron chi connectivity index (χ4n) is 9.10. The molecule has 0 heterocycles. The van der Waals surface area contributed by atoms with Gasteiger partial charge in [-0.25, -0.2) is 0 Å². The van der Waals surface area contributed by atoms with Crippen molar-refractivity contribution in [2.24, 2.45) is 0 Å². The molecule has 0 aromatic heterocycles. The molecule has 0 bridgehead atoms. The molecule has 0 aliphatic rings. The molecule has 0 aliphatic heterocycles. The van der Waals surface area contributed by atoms with Crippen molar-refractivity contribution in [2.75, 3.05) is 11.5 Å². The summed E-state index contributed by atoms with van der Waals surface area (Å²) < 4.78 is 0. The van der Waals surface area contributed by atoms with Gasteiger partial charge in [0, 0.05) is 9.79 Å². The number of benzene rings is 1. The minimum absolute atomic E-state index is 1.24. The molecule has 1 aromatic rings. The molecule has 0 atom stereocenters. The van der Waals surface area contributed by atoms with Gasteiger partial charge in [-0.15, -0.1) is 23.5 Å². The molecule has 0 spiro atoms. The molecule has 0 aliphatic carbocycles. The van der Waals surface area contributed by atoms with Gasteiger partial charge in [0.15, 0.2) is 0 Å². The number of rotatable bonds is 50. The standard InChI is InChI=1S/C57H108S2/c1-4-7-9-11-13-15-17-19-21-23-25-27-29-31-33-35-37-39-41-43-45-47-53-58-56-51-49-52-57(55(56)50-6-3)59-54-48-46-44-42-40-38-36-34-32-30-28-26-24-22-20-18-16-14-12-10-8-5-2/h49,51-52H,4-48,50,53-54H2,1-3H3. The van der Waals surface area contributed by atoms with Crippen LogP contribution in [0.25, 0.3) is 0 Å². The maximum atomic E-state index is 2.41. The second-order valence-corrected chi connectivity index (χ2v) is 21.3. The van der Waals surface area contributed by atoms with Crippen LogP contribution in [-0.2, 0) is 6.42 Å². The highest BCUT2D eigenvalue weighted by Crippen LogP contribution is 2.34. The Kier molecular flexibility index (Phi) is 47.2. The summed E-state index contributed by atoms with van der Waals surface area (Å²) in [6.07, 6.45) is 66.8. The van der Waals surface area contributed by atoms with E-state index < -0.39 is 0 Å². The molecule has 59 heavy (non-hydrogen) atoms. The first kappa shape index (κ1) is 56.9. The van der Waals surface area contributed by atoms with Crippen LogP contribution in [0.4, 0.5) is 0 Å². The lowest BCUT2D eigenvalue weighted by molar-refractivity contribution is 0.520. The Balaban J connectivity index is 1.91. The van der Waals surface area contributed by atoms with E-state index in [9.17, 15) is 0 Å². The molecule has 0 saturated heterocycles. The van der Waals surface area contributed by atoms with Gasteiger partial charge in [0.05, 0.1) is 0 Å². The van der Waals surface area contributed by atoms with E-state index >= 15 is 0 Å². The Bertz CT molecular complexity index is 857. The molecule has 0 amide bonds. The molecule has 0 unspecified atom stereocenters. The first-order chi connectivity index (χ1) is 29.3. The second kappa shape index (κ2) is 48.9. The lowest BCUT2D eigenvalue weighted by atomic mass is 10.0. The van der Waals surface area contributed by atoms with Crippen LogP contribution in [-0.4, -0.2) is 11.5 Å². The first-order valence-corrected chi connectivity index (χ1v) is 29.7. The first-order valence-electron chi connectivity index (χ1n) is 27.7. The van der Waals surface area contributed by atoms with Crippen molar-refractivity contribution in [1.29, 1.82) is 0 Å². The molecular weight excluding hydrogens is 749 g/mol. The number of thioether (sulfide) groups is 2. The van der Waals surface area contributed by atoms with Gasteiger partial charge >= 0.3 is 0 Å². The molecule has 0 radical (unpaired) electrons. The highest BCUT2D eigenvalue weighted by atomic mass is 32.2. The van der Waals surface area contributed by atoms with E-state index in [0.29, 0.717) is 0 Å². The van der Waals surface area contributed by atoms with Crippen LogP contribution in [0.3, 0.4) is 0 Å². The quantitative estimate of drug-likeness (QED) is 0.0473. The zero-order valence-corrected chi connectivity index (χ0v) is 42.6. The third-order valence-corrected chi connectivity index (χ3v) is 15.5. The third-order valence-electron chi connectivity index (χ3n) is 13.1. The zero-order chi connectivity index (χ0) is 42.2. The second-order valence-electron chi connectivity index (χ2n) is 19.0. The van der Waals surface area contributed by atoms with E-state index in [4.69, 9.17) is 0 Å². The lowest BCUT2D eigenvalue weighted by Crippen LogP contribution is -1.94. The zero-order valence-electron chi connectivity index (χ0n) is 41.0. The van der Waals surface area contributed by atoms with E-state index in [2.05, 4.69) is 62.5 Å². The molecule has 0 saturated carbocycles. The molecule has 348 valence electrons. The van der Waals surface area contributed by atoms with Gasteiger partial charge < -0.3 is 0 Å². The van der Waals surface area contributed by atoms with Crippen LogP contribution in [0, 0.1) is 0 Å². The van der Waals surface area contributed by atoms with E-state index in [-0.39, 0.29) is 0 Å². The minimum atomic E-state index is 1.24. The van der Waals surface area contributed by atoms with E-state index in [1.54, 1.807) is 15.4 Å². The van der Waals surface area contributed by atoms with Crippen LogP contribution in [0.2, 0.25) is 0 Å². The SMILES string of the molecule is CCCCCCCCCCCCCCCCCCCCCCCCSc1cccc(SCCCCCCCCCCCCCCCCCCCCCCCC)c1CCC. The summed E-state index contributed by atoms with van der Waals surface area (Å²) >= 11 is 4.30. The van der Waals surface area contributed by atoms with E-state index in [1.807, 2.05) is 0 Å². The Labute approximate surface area is 382 Å². The summed E-state index contributed by atoms with van der Waals surface area (Å²) in [6, 6.07) is 7.16. The van der Waals surface area contributed by atoms with Gasteiger partial charge in [0.25, 0.3) is 0 Å². The summed E-state index contributed by atoms with van der Waals surface area (Å²) in [7, 11) is 0. The largest absolute Gasteiger partial charge is 0.126 e. The molecule has 0 nitrogen and oxygen atoms in total. The lowest BCUT2D eigenvalue weighted by Gasteiger charge is -2.14. The number of unbranched alkanes of at least 4 members (excludes halogenated alkanes) is 42. The topological polar surface area (TPSA) is 0 Å². The summed E-state index contributed by atoms with van der Waals surface area (Å²) in [5.41, 5.74) is 1.66. The molecule has 0 N–H and O–H groups in total. The van der Waals surface area contributed by atoms with Gasteiger partial charge in [-0.1, -0.05) is 303 Å². The average molecular weight is 858 g/mol. The van der Waals surface area contributed by atoms with Crippen LogP contribution < -0.4 is 0 Å². The van der Waals surface area contributed by atoms with E-state index in [1.165, 1.54) is 307 Å². The Morgan fingerprint density at radius 2 is 0.458 bits per heavy atom. The summed E-state index contributed by atoms with van der Waals surface area (Å²) in [5, 5.41) is 0. The van der Waals surface area contributed by atoms with Crippen LogP contribution in [0.5, 0.6) is 0 Å². The number of hydrogen-bond acceptors (Lipinski definition) is 2. The molecule has 0 fully saturated rings. The Morgan fingerprint density at radius 1 is 0.254 bits per heavy atom. The van der Waals surface area contributed by atoms with Crippen molar-refractivity contribution in [3.8, 4) is 0 Å². The van der Waals surface area contributed by atoms with Crippen molar-refractivity contribution in [1.82, 2.24) is 0 Å². The summed E-state index contributed by atoms with van der Waals surface area (Å²) in [6.45, 7) is 6.98. The molecular formula is C57H108S2. The van der Waals surface area contributed by atoms with Gasteiger partial charge in [-0.3, -0.25) is 0 Å². The van der Waals surface area contributed by atoms with Crippen molar-refractivity contribution in [2.45, 2.75) is 326 Å². The van der Waals surface area contributed by atoms with Crippen molar-refractivity contribution in [3.05, 3.63) is 23.8 Å². The van der Waals surface area contributed by atoms with Gasteiger partial charge in [-0.2, -0.15) is 0 Å². The Hall–Kier alpha value is -0.0800. The fourth-order valence-corrected chi connectivity index (χ4v) is 11.4. The van der Waals surface area contributed by atoms with Gasteiger partial charge in [0.2, 0.25) is 0 Å². The molecule has 2 heteroatoms. The number of hydrogen-bond donors (Lipinski definition) is 0. The predicted molar refractivity (Wildman–Crippen MR) is 276 cm³/mol. The Morgan fingerprint density at radius 3 is 0.661 bits per heavy atom. The van der Waals surface area contributed by atoms with Crippen LogP contribution in [0.1, 0.15) is 315 Å².